The number of nitrogens with zero attached hydrogens (tertiary/aromatic N) is 2. The third-order valence-corrected chi connectivity index (χ3v) is 3.25. The van der Waals surface area contributed by atoms with E-state index in [1.807, 2.05) is 24.6 Å². The van der Waals surface area contributed by atoms with Crippen LogP contribution in [0.3, 0.4) is 0 Å². The van der Waals surface area contributed by atoms with Gasteiger partial charge in [0.25, 0.3) is 0 Å². The number of carbonyl (C=O) groups is 1. The molecule has 1 rings (SSSR count). The summed E-state index contributed by atoms with van der Waals surface area (Å²) in [5, 5.41) is 3.31. The Hall–Kier alpha value is -1.36. The zero-order valence-electron chi connectivity index (χ0n) is 13.1. The van der Waals surface area contributed by atoms with Crippen LogP contribution in [-0.2, 0) is 22.5 Å². The zero-order chi connectivity index (χ0) is 15.0. The molecule has 1 aromatic rings. The molecule has 0 aliphatic carbocycles. The number of ether oxygens (including phenoxy) is 1. The van der Waals surface area contributed by atoms with Crippen LogP contribution in [0.5, 0.6) is 0 Å². The van der Waals surface area contributed by atoms with E-state index < -0.39 is 5.54 Å². The highest BCUT2D eigenvalue weighted by Crippen LogP contribution is 2.13. The van der Waals surface area contributed by atoms with E-state index in [-0.39, 0.29) is 5.97 Å². The van der Waals surface area contributed by atoms with Crippen LogP contribution in [0, 0.1) is 0 Å². The first-order valence-electron chi connectivity index (χ1n) is 7.49. The Kier molecular flexibility index (Phi) is 6.71. The minimum atomic E-state index is -0.713. The molecule has 0 spiro atoms. The molecule has 0 aliphatic heterocycles. The van der Waals surface area contributed by atoms with Crippen molar-refractivity contribution in [3.8, 4) is 0 Å². The molecule has 0 saturated carbocycles. The first kappa shape index (κ1) is 16.7. The number of hydrogen-bond donors (Lipinski definition) is 1. The molecule has 0 fully saturated rings. The minimum Gasteiger partial charge on any atom is -0.465 e. The van der Waals surface area contributed by atoms with Crippen LogP contribution in [0.1, 0.15) is 46.4 Å². The van der Waals surface area contributed by atoms with Crippen LogP contribution >= 0.6 is 0 Å². The van der Waals surface area contributed by atoms with Gasteiger partial charge in [0.05, 0.1) is 13.2 Å². The molecule has 0 amide bonds. The van der Waals surface area contributed by atoms with Crippen molar-refractivity contribution in [1.82, 2.24) is 14.9 Å². The van der Waals surface area contributed by atoms with Crippen LogP contribution in [0.4, 0.5) is 0 Å². The first-order valence-corrected chi connectivity index (χ1v) is 7.49. The summed E-state index contributed by atoms with van der Waals surface area (Å²) in [6.07, 6.45) is 6.64. The number of hydrogen-bond acceptors (Lipinski definition) is 4. The number of imidazole rings is 1. The quantitative estimate of drug-likeness (QED) is 0.705. The van der Waals surface area contributed by atoms with E-state index >= 15 is 0 Å². The third kappa shape index (κ3) is 4.34. The second-order valence-electron chi connectivity index (χ2n) is 5.20. The van der Waals surface area contributed by atoms with E-state index in [4.69, 9.17) is 4.74 Å². The van der Waals surface area contributed by atoms with E-state index in [9.17, 15) is 4.79 Å². The summed E-state index contributed by atoms with van der Waals surface area (Å²) in [6.45, 7) is 9.66. The van der Waals surface area contributed by atoms with E-state index in [1.54, 1.807) is 6.20 Å². The molecule has 1 N–H and O–H groups in total. The Morgan fingerprint density at radius 2 is 2.15 bits per heavy atom. The average molecular weight is 281 g/mol. The second-order valence-corrected chi connectivity index (χ2v) is 5.20. The summed E-state index contributed by atoms with van der Waals surface area (Å²) in [6, 6.07) is 0. The Morgan fingerprint density at radius 3 is 2.75 bits per heavy atom. The summed E-state index contributed by atoms with van der Waals surface area (Å²) in [7, 11) is 0. The highest BCUT2D eigenvalue weighted by Gasteiger charge is 2.35. The number of aromatic nitrogens is 2. The molecular formula is C15H27N3O2. The topological polar surface area (TPSA) is 56.2 Å². The molecule has 114 valence electrons. The van der Waals surface area contributed by atoms with Crippen LogP contribution in [0.25, 0.3) is 0 Å². The van der Waals surface area contributed by atoms with Gasteiger partial charge in [0.2, 0.25) is 0 Å². The summed E-state index contributed by atoms with van der Waals surface area (Å²) < 4.78 is 7.26. The lowest BCUT2D eigenvalue weighted by molar-refractivity contribution is -0.151. The van der Waals surface area contributed by atoms with Crippen LogP contribution in [-0.4, -0.2) is 34.2 Å². The minimum absolute atomic E-state index is 0.204. The molecule has 1 atom stereocenters. The van der Waals surface area contributed by atoms with Gasteiger partial charge in [-0.2, -0.15) is 0 Å². The van der Waals surface area contributed by atoms with Crippen LogP contribution < -0.4 is 5.32 Å². The van der Waals surface area contributed by atoms with Gasteiger partial charge in [0, 0.05) is 18.8 Å². The number of aryl methyl sites for hydroxylation is 1. The summed E-state index contributed by atoms with van der Waals surface area (Å²) in [5.41, 5.74) is -0.713. The standard InChI is InChI=1S/C15H27N3O2/c1-5-8-13-16-10-11-18(13)12-15(4,17-9-6-2)14(19)20-7-3/h10-11,17H,5-9,12H2,1-4H3. The molecule has 1 heterocycles. The van der Waals surface area contributed by atoms with E-state index in [1.165, 1.54) is 0 Å². The number of rotatable bonds is 9. The van der Waals surface area contributed by atoms with Crippen molar-refractivity contribution >= 4 is 5.97 Å². The number of carbonyl (C=O) groups excluding carboxylic acids is 1. The van der Waals surface area contributed by atoms with Gasteiger partial charge in [0.15, 0.2) is 0 Å². The maximum absolute atomic E-state index is 12.2. The van der Waals surface area contributed by atoms with Crippen molar-refractivity contribution in [2.75, 3.05) is 13.2 Å². The van der Waals surface area contributed by atoms with Gasteiger partial charge < -0.3 is 14.6 Å². The molecule has 0 radical (unpaired) electrons. The van der Waals surface area contributed by atoms with Gasteiger partial charge in [-0.3, -0.25) is 0 Å². The SMILES string of the molecule is CCCNC(C)(Cn1ccnc1CCC)C(=O)OCC. The fraction of sp³-hybridized carbons (Fsp3) is 0.733. The van der Waals surface area contributed by atoms with Gasteiger partial charge in [-0.25, -0.2) is 9.78 Å². The predicted molar refractivity (Wildman–Crippen MR) is 79.6 cm³/mol. The molecular weight excluding hydrogens is 254 g/mol. The van der Waals surface area contributed by atoms with Gasteiger partial charge in [-0.15, -0.1) is 0 Å². The fourth-order valence-corrected chi connectivity index (χ4v) is 2.16. The van der Waals surface area contributed by atoms with Crippen molar-refractivity contribution in [2.24, 2.45) is 0 Å². The lowest BCUT2D eigenvalue weighted by Gasteiger charge is -2.29. The lowest BCUT2D eigenvalue weighted by Crippen LogP contribution is -2.53. The van der Waals surface area contributed by atoms with Crippen LogP contribution in [0.2, 0.25) is 0 Å². The third-order valence-electron chi connectivity index (χ3n) is 3.25. The van der Waals surface area contributed by atoms with Gasteiger partial charge in [-0.05, 0) is 33.2 Å². The average Bonchev–Trinajstić information content (AvgIpc) is 2.84. The molecule has 0 aromatic carbocycles. The van der Waals surface area contributed by atoms with E-state index in [0.717, 1.165) is 31.6 Å². The molecule has 1 aromatic heterocycles. The summed E-state index contributed by atoms with van der Waals surface area (Å²) in [5.74, 6) is 0.811. The normalized spacial score (nSPS) is 14.0. The van der Waals surface area contributed by atoms with Crippen molar-refractivity contribution in [3.63, 3.8) is 0 Å². The lowest BCUT2D eigenvalue weighted by atomic mass is 10.0. The number of esters is 1. The van der Waals surface area contributed by atoms with Crippen molar-refractivity contribution in [2.45, 2.75) is 59.0 Å². The smallest absolute Gasteiger partial charge is 0.327 e. The Morgan fingerprint density at radius 1 is 1.40 bits per heavy atom. The molecule has 0 saturated heterocycles. The van der Waals surface area contributed by atoms with Crippen molar-refractivity contribution in [1.29, 1.82) is 0 Å². The van der Waals surface area contributed by atoms with E-state index in [2.05, 4.69) is 24.1 Å². The molecule has 20 heavy (non-hydrogen) atoms. The first-order chi connectivity index (χ1) is 9.57. The molecule has 1 unspecified atom stereocenters. The zero-order valence-corrected chi connectivity index (χ0v) is 13.1. The van der Waals surface area contributed by atoms with Gasteiger partial charge in [0.1, 0.15) is 11.4 Å². The number of nitrogens with one attached hydrogen (secondary N) is 1. The second kappa shape index (κ2) is 8.04. The van der Waals surface area contributed by atoms with Crippen LogP contribution in [0.15, 0.2) is 12.4 Å². The summed E-state index contributed by atoms with van der Waals surface area (Å²) in [4.78, 5) is 16.6. The summed E-state index contributed by atoms with van der Waals surface area (Å²) >= 11 is 0. The van der Waals surface area contributed by atoms with Crippen molar-refractivity contribution in [3.05, 3.63) is 18.2 Å². The Labute approximate surface area is 121 Å². The fourth-order valence-electron chi connectivity index (χ4n) is 2.16. The Balaban J connectivity index is 2.87. The van der Waals surface area contributed by atoms with Crippen molar-refractivity contribution < 1.29 is 9.53 Å². The monoisotopic (exact) mass is 281 g/mol. The highest BCUT2D eigenvalue weighted by molar-refractivity contribution is 5.80. The molecule has 0 aliphatic rings. The molecule has 0 bridgehead atoms. The van der Waals surface area contributed by atoms with Gasteiger partial charge in [-0.1, -0.05) is 13.8 Å². The van der Waals surface area contributed by atoms with E-state index in [0.29, 0.717) is 13.2 Å². The molecule has 5 nitrogen and oxygen atoms in total. The molecule has 5 heteroatoms. The largest absolute Gasteiger partial charge is 0.465 e. The van der Waals surface area contributed by atoms with Gasteiger partial charge >= 0.3 is 5.97 Å². The highest BCUT2D eigenvalue weighted by atomic mass is 16.5. The maximum Gasteiger partial charge on any atom is 0.327 e. The predicted octanol–water partition coefficient (Wildman–Crippen LogP) is 2.16. The maximum atomic E-state index is 12.2. The Bertz CT molecular complexity index is 417.